The largest absolute Gasteiger partial charge is 0.253 e. The van der Waals surface area contributed by atoms with Crippen LogP contribution in [0.5, 0.6) is 0 Å². The molecule has 0 N–H and O–H groups in total. The minimum atomic E-state index is -3.47. The first kappa shape index (κ1) is 14.5. The number of thiophene rings is 1. The molecule has 8 heteroatoms. The Morgan fingerprint density at radius 3 is 2.70 bits per heavy atom. The summed E-state index contributed by atoms with van der Waals surface area (Å²) in [7, 11) is -3.47. The first-order valence-electron chi connectivity index (χ1n) is 6.15. The van der Waals surface area contributed by atoms with Crippen LogP contribution in [-0.4, -0.2) is 23.7 Å². The van der Waals surface area contributed by atoms with E-state index in [1.807, 2.05) is 12.3 Å². The highest BCUT2D eigenvalue weighted by molar-refractivity contribution is 7.91. The number of halogens is 1. The van der Waals surface area contributed by atoms with Crippen LogP contribution in [0.1, 0.15) is 23.5 Å². The molecular weight excluding hydrogens is 336 g/mol. The van der Waals surface area contributed by atoms with E-state index < -0.39 is 10.0 Å². The van der Waals surface area contributed by atoms with E-state index in [4.69, 9.17) is 11.6 Å². The quantitative estimate of drug-likeness (QED) is 0.830. The van der Waals surface area contributed by atoms with E-state index in [2.05, 4.69) is 4.98 Å². The second-order valence-electron chi connectivity index (χ2n) is 4.70. The Balaban J connectivity index is 1.90. The van der Waals surface area contributed by atoms with Gasteiger partial charge in [0.25, 0.3) is 10.0 Å². The molecule has 0 atom stereocenters. The van der Waals surface area contributed by atoms with Gasteiger partial charge in [-0.1, -0.05) is 11.6 Å². The normalized spacial score (nSPS) is 15.9. The zero-order chi connectivity index (χ0) is 14.3. The van der Waals surface area contributed by atoms with Gasteiger partial charge >= 0.3 is 0 Å². The van der Waals surface area contributed by atoms with Crippen LogP contribution in [-0.2, 0) is 16.6 Å². The Hall–Kier alpha value is -0.470. The molecule has 3 rings (SSSR count). The van der Waals surface area contributed by atoms with Crippen LogP contribution in [0.2, 0.25) is 4.34 Å². The van der Waals surface area contributed by atoms with Crippen molar-refractivity contribution in [2.24, 2.45) is 0 Å². The van der Waals surface area contributed by atoms with E-state index in [1.165, 1.54) is 11.3 Å². The summed E-state index contributed by atoms with van der Waals surface area (Å²) < 4.78 is 27.7. The molecule has 108 valence electrons. The molecule has 0 radical (unpaired) electrons. The molecule has 0 aliphatic heterocycles. The summed E-state index contributed by atoms with van der Waals surface area (Å²) in [6, 6.07) is 3.30. The van der Waals surface area contributed by atoms with Gasteiger partial charge in [0.15, 0.2) is 0 Å². The first-order valence-corrected chi connectivity index (χ1v) is 9.66. The van der Waals surface area contributed by atoms with Crippen molar-refractivity contribution >= 4 is 44.3 Å². The number of sulfonamides is 1. The fourth-order valence-electron chi connectivity index (χ4n) is 1.97. The fourth-order valence-corrected chi connectivity index (χ4v) is 5.84. The van der Waals surface area contributed by atoms with E-state index in [0.29, 0.717) is 15.1 Å². The summed E-state index contributed by atoms with van der Waals surface area (Å²) in [5.41, 5.74) is 0.811. The zero-order valence-corrected chi connectivity index (χ0v) is 13.9. The van der Waals surface area contributed by atoms with Crippen LogP contribution < -0.4 is 0 Å². The highest BCUT2D eigenvalue weighted by Gasteiger charge is 2.39. The Morgan fingerprint density at radius 1 is 1.45 bits per heavy atom. The number of hydrogen-bond donors (Lipinski definition) is 0. The Morgan fingerprint density at radius 2 is 2.20 bits per heavy atom. The topological polar surface area (TPSA) is 50.3 Å². The standard InChI is InChI=1S/C12H13ClN2O2S3/c1-8-14-9(7-18-8)6-15(10-2-3-10)20(16,17)12-5-4-11(13)19-12/h4-5,7,10H,2-3,6H2,1H3. The smallest absolute Gasteiger partial charge is 0.245 e. The summed E-state index contributed by atoms with van der Waals surface area (Å²) in [5.74, 6) is 0. The lowest BCUT2D eigenvalue weighted by molar-refractivity contribution is 0.396. The Kier molecular flexibility index (Phi) is 3.89. The van der Waals surface area contributed by atoms with Gasteiger partial charge < -0.3 is 0 Å². The molecule has 1 fully saturated rings. The second-order valence-corrected chi connectivity index (χ2v) is 9.59. The third kappa shape index (κ3) is 2.92. The average Bonchev–Trinajstić information content (AvgIpc) is 2.99. The first-order chi connectivity index (χ1) is 9.46. The van der Waals surface area contributed by atoms with Gasteiger partial charge in [0.1, 0.15) is 4.21 Å². The van der Waals surface area contributed by atoms with Crippen molar-refractivity contribution in [1.82, 2.24) is 9.29 Å². The molecule has 2 aromatic rings. The monoisotopic (exact) mass is 348 g/mol. The molecule has 0 saturated heterocycles. The average molecular weight is 349 g/mol. The SMILES string of the molecule is Cc1nc(CN(C2CC2)S(=O)(=O)c2ccc(Cl)s2)cs1. The van der Waals surface area contributed by atoms with Gasteiger partial charge in [-0.3, -0.25) is 0 Å². The maximum atomic E-state index is 12.7. The Bertz CT molecular complexity index is 719. The second kappa shape index (κ2) is 5.38. The van der Waals surface area contributed by atoms with Gasteiger partial charge in [-0.25, -0.2) is 13.4 Å². The summed E-state index contributed by atoms with van der Waals surface area (Å²) in [4.78, 5) is 4.36. The maximum Gasteiger partial charge on any atom is 0.253 e. The molecule has 0 spiro atoms. The third-order valence-electron chi connectivity index (χ3n) is 3.05. The molecule has 1 aliphatic rings. The maximum absolute atomic E-state index is 12.7. The van der Waals surface area contributed by atoms with Crippen LogP contribution in [0.25, 0.3) is 0 Å². The molecule has 20 heavy (non-hydrogen) atoms. The molecule has 4 nitrogen and oxygen atoms in total. The van der Waals surface area contributed by atoms with Crippen molar-refractivity contribution in [2.45, 2.75) is 36.6 Å². The molecule has 1 aliphatic carbocycles. The third-order valence-corrected chi connectivity index (χ3v) is 7.47. The minimum Gasteiger partial charge on any atom is -0.245 e. The Labute approximate surface area is 131 Å². The number of rotatable bonds is 5. The van der Waals surface area contributed by atoms with Crippen molar-refractivity contribution < 1.29 is 8.42 Å². The lowest BCUT2D eigenvalue weighted by atomic mass is 10.4. The number of thiazole rings is 1. The van der Waals surface area contributed by atoms with Gasteiger partial charge in [0.05, 0.1) is 21.6 Å². The van der Waals surface area contributed by atoms with E-state index in [1.54, 1.807) is 16.4 Å². The van der Waals surface area contributed by atoms with Gasteiger partial charge in [-0.15, -0.1) is 22.7 Å². The van der Waals surface area contributed by atoms with Crippen LogP contribution in [0.4, 0.5) is 0 Å². The molecule has 0 bridgehead atoms. The number of nitrogens with zero attached hydrogens (tertiary/aromatic N) is 2. The van der Waals surface area contributed by atoms with Gasteiger partial charge in [-0.05, 0) is 31.9 Å². The molecular formula is C12H13ClN2O2S3. The lowest BCUT2D eigenvalue weighted by Crippen LogP contribution is -2.32. The van der Waals surface area contributed by atoms with Gasteiger partial charge in [-0.2, -0.15) is 4.31 Å². The summed E-state index contributed by atoms with van der Waals surface area (Å²) in [6.07, 6.45) is 1.84. The molecule has 0 aromatic carbocycles. The number of aryl methyl sites for hydroxylation is 1. The molecule has 2 heterocycles. The molecule has 1 saturated carbocycles. The van der Waals surface area contributed by atoms with E-state index in [-0.39, 0.29) is 6.04 Å². The predicted molar refractivity (Wildman–Crippen MR) is 81.9 cm³/mol. The van der Waals surface area contributed by atoms with E-state index in [9.17, 15) is 8.42 Å². The van der Waals surface area contributed by atoms with Crippen molar-refractivity contribution in [2.75, 3.05) is 0 Å². The summed E-state index contributed by atoms with van der Waals surface area (Å²) >= 11 is 8.49. The van der Waals surface area contributed by atoms with Gasteiger partial charge in [0.2, 0.25) is 0 Å². The lowest BCUT2D eigenvalue weighted by Gasteiger charge is -2.19. The van der Waals surface area contributed by atoms with Crippen LogP contribution in [0, 0.1) is 6.92 Å². The van der Waals surface area contributed by atoms with Crippen LogP contribution >= 0.6 is 34.3 Å². The zero-order valence-electron chi connectivity index (χ0n) is 10.7. The van der Waals surface area contributed by atoms with Crippen LogP contribution in [0.3, 0.4) is 0 Å². The van der Waals surface area contributed by atoms with Crippen molar-refractivity contribution in [3.63, 3.8) is 0 Å². The summed E-state index contributed by atoms with van der Waals surface area (Å²) in [6.45, 7) is 2.26. The number of hydrogen-bond acceptors (Lipinski definition) is 5. The number of aromatic nitrogens is 1. The van der Waals surface area contributed by atoms with Crippen LogP contribution in [0.15, 0.2) is 21.7 Å². The predicted octanol–water partition coefficient (Wildman–Crippen LogP) is 3.52. The van der Waals surface area contributed by atoms with Gasteiger partial charge in [0, 0.05) is 11.4 Å². The molecule has 0 amide bonds. The van der Waals surface area contributed by atoms with Crippen molar-refractivity contribution in [1.29, 1.82) is 0 Å². The highest BCUT2D eigenvalue weighted by Crippen LogP contribution is 2.36. The fraction of sp³-hybridized carbons (Fsp3) is 0.417. The minimum absolute atomic E-state index is 0.0999. The summed E-state index contributed by atoms with van der Waals surface area (Å²) in [5, 5.41) is 2.87. The van der Waals surface area contributed by atoms with Crippen molar-refractivity contribution in [3.8, 4) is 0 Å². The van der Waals surface area contributed by atoms with E-state index >= 15 is 0 Å². The molecule has 0 unspecified atom stereocenters. The van der Waals surface area contributed by atoms with Crippen molar-refractivity contribution in [3.05, 3.63) is 32.6 Å². The van der Waals surface area contributed by atoms with E-state index in [0.717, 1.165) is 34.9 Å². The molecule has 2 aromatic heterocycles. The highest BCUT2D eigenvalue weighted by atomic mass is 35.5.